The summed E-state index contributed by atoms with van der Waals surface area (Å²) in [6, 6.07) is 35.4. The van der Waals surface area contributed by atoms with Crippen LogP contribution in [-0.4, -0.2) is 24.0 Å². The molecule has 0 unspecified atom stereocenters. The lowest BCUT2D eigenvalue weighted by molar-refractivity contribution is 0.488. The zero-order chi connectivity index (χ0) is 25.7. The van der Waals surface area contributed by atoms with Gasteiger partial charge in [-0.1, -0.05) is 157 Å². The van der Waals surface area contributed by atoms with Crippen molar-refractivity contribution in [1.82, 2.24) is 0 Å². The number of hydrogen-bond acceptors (Lipinski definition) is 0. The van der Waals surface area contributed by atoms with Crippen LogP contribution in [0.1, 0.15) is 64.2 Å². The Hall–Kier alpha value is -1.39. The van der Waals surface area contributed by atoms with Crippen molar-refractivity contribution < 1.29 is 0 Å². The molecule has 2 aliphatic rings. The fourth-order valence-electron chi connectivity index (χ4n) is 7.19. The van der Waals surface area contributed by atoms with Crippen LogP contribution in [0, 0.1) is 0 Å². The van der Waals surface area contributed by atoms with E-state index in [4.69, 9.17) is 0 Å². The van der Waals surface area contributed by atoms with Gasteiger partial charge in [-0.15, -0.1) is 0 Å². The Morgan fingerprint density at radius 3 is 1.16 bits per heavy atom. The quantitative estimate of drug-likeness (QED) is 0.205. The Morgan fingerprint density at radius 2 is 0.865 bits per heavy atom. The average Bonchev–Trinajstić information content (AvgIpc) is 2.95. The van der Waals surface area contributed by atoms with Crippen LogP contribution < -0.4 is 15.9 Å². The zero-order valence-corrected chi connectivity index (χ0v) is 26.1. The molecule has 3 heteroatoms. The van der Waals surface area contributed by atoms with E-state index in [0.717, 1.165) is 11.3 Å². The molecule has 2 aliphatic carbocycles. The number of benzene rings is 3. The first-order chi connectivity index (χ1) is 18.0. The minimum absolute atomic E-state index is 0.179. The smallest absolute Gasteiger partial charge is 0.0766 e. The second-order valence-electron chi connectivity index (χ2n) is 12.2. The van der Waals surface area contributed by atoms with Gasteiger partial charge in [-0.25, -0.2) is 0 Å². The highest BCUT2D eigenvalue weighted by atomic mass is 31.2. The molecule has 0 saturated heterocycles. The molecule has 0 aliphatic heterocycles. The molecule has 37 heavy (non-hydrogen) atoms. The molecule has 0 aromatic heterocycles. The molecule has 0 N–H and O–H groups in total. The van der Waals surface area contributed by atoms with Crippen LogP contribution in [0.15, 0.2) is 91.0 Å². The van der Waals surface area contributed by atoms with Gasteiger partial charge in [0.2, 0.25) is 0 Å². The van der Waals surface area contributed by atoms with Gasteiger partial charge in [-0.3, -0.25) is 0 Å². The molecule has 0 nitrogen and oxygen atoms in total. The highest BCUT2D eigenvalue weighted by Crippen LogP contribution is 2.65. The van der Waals surface area contributed by atoms with E-state index in [1.807, 2.05) is 0 Å². The van der Waals surface area contributed by atoms with E-state index in [-0.39, 0.29) is 7.92 Å². The summed E-state index contributed by atoms with van der Waals surface area (Å²) in [5, 5.41) is 4.76. The first kappa shape index (κ1) is 27.2. The van der Waals surface area contributed by atoms with E-state index >= 15 is 0 Å². The molecule has 196 valence electrons. The Labute approximate surface area is 229 Å². The minimum atomic E-state index is -1.97. The SMILES string of the molecule is C[Si](C)(C)C(P(C1CCCCC1)C1CCCCC1)=P(c1ccccc1)(c1ccccc1)c1ccccc1. The summed E-state index contributed by atoms with van der Waals surface area (Å²) in [7, 11) is -1.89. The molecule has 3 aromatic rings. The van der Waals surface area contributed by atoms with Crippen molar-refractivity contribution in [3.8, 4) is 0 Å². The van der Waals surface area contributed by atoms with Crippen molar-refractivity contribution in [3.05, 3.63) is 91.0 Å². The monoisotopic (exact) mass is 544 g/mol. The van der Waals surface area contributed by atoms with Gasteiger partial charge in [0.05, 0.1) is 8.07 Å². The van der Waals surface area contributed by atoms with Crippen LogP contribution in [0.25, 0.3) is 0 Å². The van der Waals surface area contributed by atoms with Gasteiger partial charge in [-0.2, -0.15) is 0 Å². The summed E-state index contributed by atoms with van der Waals surface area (Å²) in [5.41, 5.74) is 1.84. The molecule has 5 rings (SSSR count). The molecule has 0 heterocycles. The maximum atomic E-state index is 2.70. The Balaban J connectivity index is 1.95. The lowest BCUT2D eigenvalue weighted by Gasteiger charge is -2.48. The van der Waals surface area contributed by atoms with Crippen LogP contribution >= 0.6 is 14.8 Å². The second-order valence-corrected chi connectivity index (χ2v) is 24.5. The summed E-state index contributed by atoms with van der Waals surface area (Å²) in [6.07, 6.45) is 14.6. The molecule has 0 spiro atoms. The van der Waals surface area contributed by atoms with Crippen LogP contribution in [0.3, 0.4) is 0 Å². The molecular weight excluding hydrogens is 498 g/mol. The van der Waals surface area contributed by atoms with Gasteiger partial charge in [0.15, 0.2) is 0 Å². The molecule has 0 atom stereocenters. The highest BCUT2D eigenvalue weighted by molar-refractivity contribution is 8.11. The Kier molecular flexibility index (Phi) is 8.96. The summed E-state index contributed by atoms with van der Waals surface area (Å²) < 4.78 is 2.08. The molecule has 0 amide bonds. The van der Waals surface area contributed by atoms with Crippen LogP contribution in [0.4, 0.5) is 0 Å². The average molecular weight is 545 g/mol. The van der Waals surface area contributed by atoms with Crippen LogP contribution in [0.5, 0.6) is 0 Å². The fourth-order valence-corrected chi connectivity index (χ4v) is 26.6. The maximum absolute atomic E-state index is 2.70. The van der Waals surface area contributed by atoms with E-state index in [1.165, 1.54) is 64.2 Å². The first-order valence-electron chi connectivity index (χ1n) is 14.7. The van der Waals surface area contributed by atoms with Crippen LogP contribution in [-0.2, 0) is 0 Å². The van der Waals surface area contributed by atoms with Gasteiger partial charge in [0, 0.05) is 0 Å². The van der Waals surface area contributed by atoms with Crippen LogP contribution in [0.2, 0.25) is 19.6 Å². The first-order valence-corrected chi connectivity index (χ1v) is 21.5. The third-order valence-corrected chi connectivity index (χ3v) is 24.3. The summed E-state index contributed by atoms with van der Waals surface area (Å²) in [4.78, 5) is 0. The summed E-state index contributed by atoms with van der Waals surface area (Å²) >= 11 is 0. The Bertz CT molecular complexity index is 1050. The predicted octanol–water partition coefficient (Wildman–Crippen LogP) is 9.14. The number of hydrogen-bond donors (Lipinski definition) is 0. The van der Waals surface area contributed by atoms with E-state index in [9.17, 15) is 0 Å². The van der Waals surface area contributed by atoms with Crippen molar-refractivity contribution in [2.75, 3.05) is 0 Å². The summed E-state index contributed by atoms with van der Waals surface area (Å²) in [5.74, 6) is 0. The van der Waals surface area contributed by atoms with Gasteiger partial charge in [0.25, 0.3) is 0 Å². The third-order valence-electron chi connectivity index (χ3n) is 8.60. The van der Waals surface area contributed by atoms with E-state index in [1.54, 1.807) is 15.9 Å². The molecule has 3 aromatic carbocycles. The van der Waals surface area contributed by atoms with Gasteiger partial charge in [-0.05, 0) is 64.5 Å². The molecule has 2 saturated carbocycles. The van der Waals surface area contributed by atoms with Crippen molar-refractivity contribution in [2.24, 2.45) is 0 Å². The largest absolute Gasteiger partial charge is 0.0796 e. The van der Waals surface area contributed by atoms with E-state index in [0.29, 0.717) is 0 Å². The topological polar surface area (TPSA) is 0 Å². The third kappa shape index (κ3) is 5.66. The number of rotatable bonds is 7. The standard InChI is InChI=1S/C34H46P2Si/c1-37(2,3)34(35(29-19-9-4-10-20-29)30-21-11-5-12-22-30)36(31-23-13-6-14-24-31,32-25-15-7-16-26-32)33-27-17-8-18-28-33/h6-8,13-18,23-30H,4-5,9-12,19-22H2,1-3H3. The lowest BCUT2D eigenvalue weighted by atomic mass is 9.99. The zero-order valence-electron chi connectivity index (χ0n) is 23.3. The van der Waals surface area contributed by atoms with E-state index < -0.39 is 15.0 Å². The molecular formula is C34H46P2Si. The van der Waals surface area contributed by atoms with E-state index in [2.05, 4.69) is 115 Å². The minimum Gasteiger partial charge on any atom is -0.0766 e. The van der Waals surface area contributed by atoms with Crippen molar-refractivity contribution in [3.63, 3.8) is 0 Å². The predicted molar refractivity (Wildman–Crippen MR) is 174 cm³/mol. The second kappa shape index (κ2) is 12.2. The summed E-state index contributed by atoms with van der Waals surface area (Å²) in [6.45, 7) is 6.14. The van der Waals surface area contributed by atoms with Gasteiger partial charge < -0.3 is 0 Å². The normalized spacial score (nSPS) is 18.2. The molecule has 0 bridgehead atoms. The van der Waals surface area contributed by atoms with Crippen molar-refractivity contribution >= 4 is 43.5 Å². The molecule has 2 fully saturated rings. The van der Waals surface area contributed by atoms with Crippen molar-refractivity contribution in [1.29, 1.82) is 0 Å². The van der Waals surface area contributed by atoms with Gasteiger partial charge in [0.1, 0.15) is 0 Å². The van der Waals surface area contributed by atoms with Gasteiger partial charge >= 0.3 is 0 Å². The lowest BCUT2D eigenvalue weighted by Crippen LogP contribution is -2.44. The van der Waals surface area contributed by atoms with Crippen molar-refractivity contribution in [2.45, 2.75) is 95.2 Å². The highest BCUT2D eigenvalue weighted by Gasteiger charge is 2.44. The maximum Gasteiger partial charge on any atom is 0.0796 e. The molecule has 0 radical (unpaired) electrons. The Morgan fingerprint density at radius 1 is 0.541 bits per heavy atom. The fraction of sp³-hybridized carbons (Fsp3) is 0.441.